The number of carbonyl (C=O) groups excluding carboxylic acids is 1. The largest absolute Gasteiger partial charge is 0.496 e. The number of aromatic nitrogens is 4. The van der Waals surface area contributed by atoms with E-state index in [4.69, 9.17) is 9.26 Å². The molecule has 4 heterocycles. The maximum Gasteiger partial charge on any atom is 0.433 e. The topological polar surface area (TPSA) is 85.8 Å². The van der Waals surface area contributed by atoms with E-state index in [2.05, 4.69) is 15.2 Å². The van der Waals surface area contributed by atoms with Crippen LogP contribution in [-0.4, -0.2) is 44.2 Å². The van der Waals surface area contributed by atoms with E-state index in [1.807, 2.05) is 0 Å². The molecule has 3 aromatic heterocycles. The molecule has 1 atom stereocenters. The van der Waals surface area contributed by atoms with Crippen molar-refractivity contribution in [3.63, 3.8) is 0 Å². The number of hydrogen-bond acceptors (Lipinski definition) is 6. The highest BCUT2D eigenvalue weighted by Gasteiger charge is 2.38. The van der Waals surface area contributed by atoms with Crippen LogP contribution < -0.4 is 4.74 Å². The summed E-state index contributed by atoms with van der Waals surface area (Å²) in [5, 5.41) is 7.77. The molecule has 11 heteroatoms. The highest BCUT2D eigenvalue weighted by molar-refractivity contribution is 6.00. The molecule has 0 unspecified atom stereocenters. The predicted octanol–water partition coefficient (Wildman–Crippen LogP) is 4.70. The van der Waals surface area contributed by atoms with E-state index >= 15 is 0 Å². The lowest BCUT2D eigenvalue weighted by Crippen LogP contribution is -2.30. The van der Waals surface area contributed by atoms with Gasteiger partial charge in [-0.2, -0.15) is 18.3 Å². The summed E-state index contributed by atoms with van der Waals surface area (Å²) in [5.41, 5.74) is -0.167. The maximum atomic E-state index is 14.0. The molecule has 34 heavy (non-hydrogen) atoms. The fourth-order valence-electron chi connectivity index (χ4n) is 4.31. The molecule has 1 fully saturated rings. The van der Waals surface area contributed by atoms with Crippen LogP contribution in [0, 0.1) is 6.92 Å². The Morgan fingerprint density at radius 3 is 2.74 bits per heavy atom. The van der Waals surface area contributed by atoms with Gasteiger partial charge in [0.15, 0.2) is 17.1 Å². The van der Waals surface area contributed by atoms with Crippen molar-refractivity contribution in [1.29, 1.82) is 0 Å². The third kappa shape index (κ3) is 3.66. The van der Waals surface area contributed by atoms with Gasteiger partial charge in [0.25, 0.3) is 5.91 Å². The lowest BCUT2D eigenvalue weighted by atomic mass is 10.1. The smallest absolute Gasteiger partial charge is 0.433 e. The number of carbonyl (C=O) groups is 1. The number of amides is 1. The average Bonchev–Trinajstić information content (AvgIpc) is 3.56. The molecule has 1 saturated heterocycles. The fourth-order valence-corrected chi connectivity index (χ4v) is 4.31. The minimum absolute atomic E-state index is 0.0228. The molecule has 0 saturated carbocycles. The number of fused-ring (bicyclic) bond motifs is 1. The van der Waals surface area contributed by atoms with Crippen LogP contribution in [0.5, 0.6) is 5.75 Å². The Morgan fingerprint density at radius 1 is 1.24 bits per heavy atom. The van der Waals surface area contributed by atoms with Gasteiger partial charge in [-0.05, 0) is 38.0 Å². The number of methoxy groups -OCH3 is 1. The zero-order valence-corrected chi connectivity index (χ0v) is 18.3. The van der Waals surface area contributed by atoms with Crippen LogP contribution >= 0.6 is 0 Å². The SMILES string of the molecule is COc1ccccc1-c1cc(C(F)(F)F)n2ncc(C(=O)N3CCC[C@H]3c3cc(C)no3)c2n1. The number of likely N-dealkylation sites (tertiary alicyclic amines) is 1. The molecule has 0 spiro atoms. The van der Waals surface area contributed by atoms with Crippen molar-refractivity contribution >= 4 is 11.6 Å². The van der Waals surface area contributed by atoms with E-state index < -0.39 is 17.8 Å². The average molecular weight is 471 g/mol. The van der Waals surface area contributed by atoms with Crippen molar-refractivity contribution in [3.05, 3.63) is 65.3 Å². The van der Waals surface area contributed by atoms with Crippen LogP contribution in [0.4, 0.5) is 13.2 Å². The van der Waals surface area contributed by atoms with Crippen molar-refractivity contribution < 1.29 is 27.2 Å². The van der Waals surface area contributed by atoms with Crippen molar-refractivity contribution in [3.8, 4) is 17.0 Å². The number of rotatable bonds is 4. The summed E-state index contributed by atoms with van der Waals surface area (Å²) in [7, 11) is 1.43. The molecular weight excluding hydrogens is 451 g/mol. The Kier molecular flexibility index (Phi) is 5.26. The fraction of sp³-hybridized carbons (Fsp3) is 0.304. The first-order valence-electron chi connectivity index (χ1n) is 10.6. The first-order chi connectivity index (χ1) is 16.3. The van der Waals surface area contributed by atoms with Crippen LogP contribution in [0.15, 0.2) is 47.1 Å². The van der Waals surface area contributed by atoms with Crippen LogP contribution in [0.1, 0.15) is 46.4 Å². The quantitative estimate of drug-likeness (QED) is 0.429. The molecule has 1 amide bonds. The van der Waals surface area contributed by atoms with Gasteiger partial charge in [0.05, 0.1) is 30.7 Å². The molecule has 4 aromatic rings. The molecule has 8 nitrogen and oxygen atoms in total. The molecule has 1 aliphatic heterocycles. The van der Waals surface area contributed by atoms with E-state index in [1.54, 1.807) is 42.2 Å². The van der Waals surface area contributed by atoms with Crippen molar-refractivity contribution in [2.24, 2.45) is 0 Å². The van der Waals surface area contributed by atoms with Crippen LogP contribution in [0.3, 0.4) is 0 Å². The molecule has 5 rings (SSSR count). The summed E-state index contributed by atoms with van der Waals surface area (Å²) in [5.74, 6) is 0.433. The summed E-state index contributed by atoms with van der Waals surface area (Å²) in [6.45, 7) is 2.21. The van der Waals surface area contributed by atoms with Crippen LogP contribution in [-0.2, 0) is 6.18 Å². The minimum Gasteiger partial charge on any atom is -0.496 e. The van der Waals surface area contributed by atoms with Gasteiger partial charge < -0.3 is 14.2 Å². The lowest BCUT2D eigenvalue weighted by molar-refractivity contribution is -0.142. The second-order valence-corrected chi connectivity index (χ2v) is 8.05. The van der Waals surface area contributed by atoms with Crippen LogP contribution in [0.2, 0.25) is 0 Å². The van der Waals surface area contributed by atoms with Gasteiger partial charge in [-0.1, -0.05) is 17.3 Å². The maximum absolute atomic E-state index is 14.0. The Hall–Kier alpha value is -3.89. The lowest BCUT2D eigenvalue weighted by Gasteiger charge is -2.22. The van der Waals surface area contributed by atoms with Gasteiger partial charge in [0, 0.05) is 18.2 Å². The number of alkyl halides is 3. The monoisotopic (exact) mass is 471 g/mol. The Balaban J connectivity index is 1.64. The van der Waals surface area contributed by atoms with Gasteiger partial charge in [-0.15, -0.1) is 0 Å². The molecule has 176 valence electrons. The van der Waals surface area contributed by atoms with Gasteiger partial charge in [0.1, 0.15) is 11.3 Å². The number of nitrogens with zero attached hydrogens (tertiary/aromatic N) is 5. The normalized spacial score (nSPS) is 16.4. The second-order valence-electron chi connectivity index (χ2n) is 8.05. The van der Waals surface area contributed by atoms with Gasteiger partial charge >= 0.3 is 6.18 Å². The second kappa shape index (κ2) is 8.15. The van der Waals surface area contributed by atoms with E-state index in [0.29, 0.717) is 40.2 Å². The summed E-state index contributed by atoms with van der Waals surface area (Å²) >= 11 is 0. The van der Waals surface area contributed by atoms with Crippen molar-refractivity contribution in [2.75, 3.05) is 13.7 Å². The molecule has 1 aromatic carbocycles. The number of aryl methyl sites for hydroxylation is 1. The predicted molar refractivity (Wildman–Crippen MR) is 114 cm³/mol. The van der Waals surface area contributed by atoms with E-state index in [1.165, 1.54) is 7.11 Å². The summed E-state index contributed by atoms with van der Waals surface area (Å²) in [6.07, 6.45) is -2.21. The zero-order chi connectivity index (χ0) is 24.0. The molecule has 0 N–H and O–H groups in total. The number of ether oxygens (including phenoxy) is 1. The Bertz CT molecular complexity index is 1380. The zero-order valence-electron chi connectivity index (χ0n) is 18.3. The van der Waals surface area contributed by atoms with E-state index in [-0.39, 0.29) is 22.9 Å². The molecule has 0 bridgehead atoms. The van der Waals surface area contributed by atoms with Gasteiger partial charge in [-0.3, -0.25) is 4.79 Å². The van der Waals surface area contributed by atoms with Crippen LogP contribution in [0.25, 0.3) is 16.9 Å². The third-order valence-electron chi connectivity index (χ3n) is 5.86. The van der Waals surface area contributed by atoms with Gasteiger partial charge in [0.2, 0.25) is 0 Å². The number of benzene rings is 1. The van der Waals surface area contributed by atoms with Gasteiger partial charge in [-0.25, -0.2) is 9.50 Å². The molecule has 0 radical (unpaired) electrons. The standard InChI is InChI=1S/C23H20F3N5O3/c1-13-10-19(34-29-13)17-7-5-9-30(17)22(32)15-12-27-31-20(23(24,25)26)11-16(28-21(15)31)14-6-3-4-8-18(14)33-2/h3-4,6,8,10-12,17H,5,7,9H2,1-2H3/t17-/m0/s1. The van der Waals surface area contributed by atoms with Crippen molar-refractivity contribution in [2.45, 2.75) is 32.0 Å². The van der Waals surface area contributed by atoms with E-state index in [0.717, 1.165) is 18.7 Å². The molecular formula is C23H20F3N5O3. The Labute approximate surface area is 191 Å². The first kappa shape index (κ1) is 21.9. The molecule has 0 aliphatic carbocycles. The highest BCUT2D eigenvalue weighted by Crippen LogP contribution is 2.37. The number of hydrogen-bond donors (Lipinski definition) is 0. The number of halogens is 3. The number of para-hydroxylation sites is 1. The summed E-state index contributed by atoms with van der Waals surface area (Å²) in [4.78, 5) is 19.5. The molecule has 1 aliphatic rings. The van der Waals surface area contributed by atoms with E-state index in [9.17, 15) is 18.0 Å². The highest BCUT2D eigenvalue weighted by atomic mass is 19.4. The van der Waals surface area contributed by atoms with Crippen molar-refractivity contribution in [1.82, 2.24) is 24.7 Å². The first-order valence-corrected chi connectivity index (χ1v) is 10.6. The minimum atomic E-state index is -4.72. The summed E-state index contributed by atoms with van der Waals surface area (Å²) < 4.78 is 53.2. The third-order valence-corrected chi connectivity index (χ3v) is 5.86. The summed E-state index contributed by atoms with van der Waals surface area (Å²) in [6, 6.07) is 8.92. The Morgan fingerprint density at radius 2 is 2.03 bits per heavy atom.